The fourth-order valence-corrected chi connectivity index (χ4v) is 2.61. The van der Waals surface area contributed by atoms with Crippen LogP contribution >= 0.6 is 0 Å². The molecule has 1 aromatic carbocycles. The Balaban J connectivity index is 1.86. The summed E-state index contributed by atoms with van der Waals surface area (Å²) in [5, 5.41) is 21.7. The smallest absolute Gasteiger partial charge is 0.426 e. The maximum atomic E-state index is 12.1. The van der Waals surface area contributed by atoms with Crippen molar-refractivity contribution in [2.75, 3.05) is 13.1 Å². The van der Waals surface area contributed by atoms with Gasteiger partial charge in [0, 0.05) is 12.6 Å². The summed E-state index contributed by atoms with van der Waals surface area (Å²) in [6, 6.07) is 10.00. The van der Waals surface area contributed by atoms with Crippen molar-refractivity contribution >= 4 is 13.0 Å². The van der Waals surface area contributed by atoms with E-state index >= 15 is 0 Å². The highest BCUT2D eigenvalue weighted by Gasteiger charge is 2.36. The normalized spacial score (nSPS) is 19.9. The molecule has 0 aromatic heterocycles. The number of rotatable bonds is 5. The lowest BCUT2D eigenvalue weighted by Gasteiger charge is -2.25. The van der Waals surface area contributed by atoms with Crippen molar-refractivity contribution in [3.8, 4) is 0 Å². The highest BCUT2D eigenvalue weighted by molar-refractivity contribution is 6.43. The van der Waals surface area contributed by atoms with E-state index in [2.05, 4.69) is 5.32 Å². The molecule has 0 aliphatic carbocycles. The molecule has 0 unspecified atom stereocenters. The molecule has 0 radical (unpaired) electrons. The average Bonchev–Trinajstić information content (AvgIpc) is 2.95. The molecule has 1 aliphatic rings. The van der Waals surface area contributed by atoms with Gasteiger partial charge in [-0.05, 0) is 25.3 Å². The second kappa shape index (κ2) is 6.88. The molecule has 0 saturated carbocycles. The maximum Gasteiger partial charge on any atom is 0.475 e. The fourth-order valence-electron chi connectivity index (χ4n) is 2.61. The predicted octanol–water partition coefficient (Wildman–Crippen LogP) is 0.340. The highest BCUT2D eigenvalue weighted by Crippen LogP contribution is 2.18. The van der Waals surface area contributed by atoms with Crippen molar-refractivity contribution < 1.29 is 14.8 Å². The van der Waals surface area contributed by atoms with E-state index in [0.29, 0.717) is 13.0 Å². The number of likely N-dealkylation sites (tertiary alicyclic amines) is 1. The standard InChI is InChI=1S/C14H21BN2O3/c1-11(12-6-3-2-4-7-12)16-10-14(18)17-9-5-8-13(17)15(19)20/h2-4,6-7,11,13,16,19-20H,5,8-10H2,1H3/t11-,13+/m1/s1. The molecule has 1 aliphatic heterocycles. The predicted molar refractivity (Wildman–Crippen MR) is 77.8 cm³/mol. The third kappa shape index (κ3) is 3.59. The van der Waals surface area contributed by atoms with E-state index in [1.165, 1.54) is 0 Å². The van der Waals surface area contributed by atoms with Gasteiger partial charge in [-0.3, -0.25) is 4.79 Å². The Morgan fingerprint density at radius 2 is 2.15 bits per heavy atom. The molecular weight excluding hydrogens is 255 g/mol. The van der Waals surface area contributed by atoms with Crippen molar-refractivity contribution in [3.63, 3.8) is 0 Å². The summed E-state index contributed by atoms with van der Waals surface area (Å²) < 4.78 is 0. The van der Waals surface area contributed by atoms with Crippen LogP contribution in [0.5, 0.6) is 0 Å². The molecule has 5 nitrogen and oxygen atoms in total. The van der Waals surface area contributed by atoms with Crippen LogP contribution in [-0.4, -0.2) is 47.0 Å². The number of hydrogen-bond acceptors (Lipinski definition) is 4. The molecule has 108 valence electrons. The summed E-state index contributed by atoms with van der Waals surface area (Å²) in [5.41, 5.74) is 1.13. The summed E-state index contributed by atoms with van der Waals surface area (Å²) in [7, 11) is -1.45. The Morgan fingerprint density at radius 1 is 1.45 bits per heavy atom. The minimum Gasteiger partial charge on any atom is -0.426 e. The third-order valence-electron chi connectivity index (χ3n) is 3.82. The molecule has 3 N–H and O–H groups in total. The number of benzene rings is 1. The summed E-state index contributed by atoms with van der Waals surface area (Å²) in [4.78, 5) is 13.7. The van der Waals surface area contributed by atoms with E-state index in [4.69, 9.17) is 0 Å². The number of hydrogen-bond donors (Lipinski definition) is 3. The van der Waals surface area contributed by atoms with Crippen LogP contribution in [-0.2, 0) is 4.79 Å². The first-order chi connectivity index (χ1) is 9.59. The van der Waals surface area contributed by atoms with Gasteiger partial charge in [-0.1, -0.05) is 30.3 Å². The second-order valence-electron chi connectivity index (χ2n) is 5.22. The molecule has 20 heavy (non-hydrogen) atoms. The third-order valence-corrected chi connectivity index (χ3v) is 3.82. The Hall–Kier alpha value is -1.37. The van der Waals surface area contributed by atoms with E-state index < -0.39 is 13.1 Å². The van der Waals surface area contributed by atoms with Crippen LogP contribution in [0.15, 0.2) is 30.3 Å². The van der Waals surface area contributed by atoms with Gasteiger partial charge >= 0.3 is 7.12 Å². The Bertz CT molecular complexity index is 441. The van der Waals surface area contributed by atoms with Gasteiger partial charge in [-0.15, -0.1) is 0 Å². The average molecular weight is 276 g/mol. The summed E-state index contributed by atoms with van der Waals surface area (Å²) >= 11 is 0. The lowest BCUT2D eigenvalue weighted by atomic mass is 9.78. The zero-order valence-corrected chi connectivity index (χ0v) is 11.7. The molecule has 1 fully saturated rings. The molecule has 1 aromatic rings. The highest BCUT2D eigenvalue weighted by atomic mass is 16.4. The lowest BCUT2D eigenvalue weighted by Crippen LogP contribution is -2.48. The van der Waals surface area contributed by atoms with Gasteiger partial charge < -0.3 is 20.3 Å². The van der Waals surface area contributed by atoms with Gasteiger partial charge in [0.15, 0.2) is 0 Å². The monoisotopic (exact) mass is 276 g/mol. The topological polar surface area (TPSA) is 72.8 Å². The largest absolute Gasteiger partial charge is 0.475 e. The Labute approximate surface area is 119 Å². The molecule has 2 atom stereocenters. The molecule has 0 spiro atoms. The Morgan fingerprint density at radius 3 is 2.80 bits per heavy atom. The van der Waals surface area contributed by atoms with Crippen molar-refractivity contribution in [2.24, 2.45) is 0 Å². The van der Waals surface area contributed by atoms with E-state index in [9.17, 15) is 14.8 Å². The number of carbonyl (C=O) groups excluding carboxylic acids is 1. The molecule has 2 rings (SSSR count). The first kappa shape index (κ1) is 15.0. The van der Waals surface area contributed by atoms with Crippen LogP contribution < -0.4 is 5.32 Å². The molecule has 1 heterocycles. The van der Waals surface area contributed by atoms with E-state index in [1.54, 1.807) is 4.90 Å². The van der Waals surface area contributed by atoms with E-state index in [-0.39, 0.29) is 18.5 Å². The summed E-state index contributed by atoms with van der Waals surface area (Å²) in [6.45, 7) is 2.81. The van der Waals surface area contributed by atoms with Crippen LogP contribution in [0.1, 0.15) is 31.4 Å². The zero-order valence-electron chi connectivity index (χ0n) is 11.7. The molecule has 0 bridgehead atoms. The minimum atomic E-state index is -1.45. The van der Waals surface area contributed by atoms with Gasteiger partial charge in [0.25, 0.3) is 0 Å². The number of nitrogens with zero attached hydrogens (tertiary/aromatic N) is 1. The number of carbonyl (C=O) groups is 1. The van der Waals surface area contributed by atoms with Gasteiger partial charge in [-0.25, -0.2) is 0 Å². The lowest BCUT2D eigenvalue weighted by molar-refractivity contribution is -0.130. The van der Waals surface area contributed by atoms with E-state index in [1.807, 2.05) is 37.3 Å². The van der Waals surface area contributed by atoms with Gasteiger partial charge in [0.2, 0.25) is 5.91 Å². The summed E-state index contributed by atoms with van der Waals surface area (Å²) in [6.07, 6.45) is 1.47. The van der Waals surface area contributed by atoms with Crippen LogP contribution in [0.25, 0.3) is 0 Å². The van der Waals surface area contributed by atoms with Crippen LogP contribution in [0.3, 0.4) is 0 Å². The molecule has 6 heteroatoms. The molecule has 1 saturated heterocycles. The van der Waals surface area contributed by atoms with Crippen molar-refractivity contribution in [1.29, 1.82) is 0 Å². The molecular formula is C14H21BN2O3. The summed E-state index contributed by atoms with van der Waals surface area (Å²) in [5.74, 6) is -0.542. The van der Waals surface area contributed by atoms with Gasteiger partial charge in [0.05, 0.1) is 12.5 Å². The van der Waals surface area contributed by atoms with Gasteiger partial charge in [0.1, 0.15) is 0 Å². The molecule has 1 amide bonds. The van der Waals surface area contributed by atoms with Crippen LogP contribution in [0.2, 0.25) is 0 Å². The number of nitrogens with one attached hydrogen (secondary N) is 1. The SMILES string of the molecule is C[C@@H](NCC(=O)N1CCC[C@H]1B(O)O)c1ccccc1. The maximum absolute atomic E-state index is 12.1. The van der Waals surface area contributed by atoms with Crippen molar-refractivity contribution in [2.45, 2.75) is 31.7 Å². The van der Waals surface area contributed by atoms with E-state index in [0.717, 1.165) is 12.0 Å². The fraction of sp³-hybridized carbons (Fsp3) is 0.500. The number of amides is 1. The first-order valence-corrected chi connectivity index (χ1v) is 7.03. The van der Waals surface area contributed by atoms with Crippen molar-refractivity contribution in [1.82, 2.24) is 10.2 Å². The second-order valence-corrected chi connectivity index (χ2v) is 5.22. The van der Waals surface area contributed by atoms with Crippen molar-refractivity contribution in [3.05, 3.63) is 35.9 Å². The first-order valence-electron chi connectivity index (χ1n) is 7.03. The van der Waals surface area contributed by atoms with Crippen LogP contribution in [0.4, 0.5) is 0 Å². The minimum absolute atomic E-state index is 0.0802. The quantitative estimate of drug-likeness (QED) is 0.678. The zero-order chi connectivity index (χ0) is 14.5. The van der Waals surface area contributed by atoms with Crippen LogP contribution in [0, 0.1) is 0 Å². The van der Waals surface area contributed by atoms with Gasteiger partial charge in [-0.2, -0.15) is 0 Å². The Kier molecular flexibility index (Phi) is 5.17.